The molecule has 0 radical (unpaired) electrons. The van der Waals surface area contributed by atoms with Gasteiger partial charge < -0.3 is 5.73 Å². The quantitative estimate of drug-likeness (QED) is 0.500. The Hall–Kier alpha value is -0.0400. The van der Waals surface area contributed by atoms with Gasteiger partial charge in [-0.3, -0.25) is 0 Å². The zero-order valence-corrected chi connectivity index (χ0v) is 20.9. The maximum absolute atomic E-state index is 4.50. The Morgan fingerprint density at radius 1 is 0.714 bits per heavy atom. The third-order valence-corrected chi connectivity index (χ3v) is 9.42. The lowest BCUT2D eigenvalue weighted by Gasteiger charge is -2.60. The topological polar surface area (TPSA) is 26.0 Å². The van der Waals surface area contributed by atoms with E-state index in [0.29, 0.717) is 0 Å². The number of hydrogen-bond donors (Lipinski definition) is 1. The molecule has 7 unspecified atom stereocenters. The molecule has 0 aromatic rings. The fourth-order valence-corrected chi connectivity index (χ4v) is 8.23. The molecule has 0 aromatic carbocycles. The lowest BCUT2D eigenvalue weighted by molar-refractivity contribution is -0.111. The highest BCUT2D eigenvalue weighted by atomic mass is 14.6. The van der Waals surface area contributed by atoms with Crippen molar-refractivity contribution in [1.29, 1.82) is 0 Å². The molecule has 4 fully saturated rings. The van der Waals surface area contributed by atoms with Crippen molar-refractivity contribution < 1.29 is 0 Å². The van der Waals surface area contributed by atoms with E-state index in [0.717, 1.165) is 40.4 Å². The standard InChI is InChI=1S/C22H38.2C2H6.CH5N/c1-4-7-16-10-12-19-18-11-9-17-8-5-6-14-21(17,2)20(18)13-15-22(16,19)3;3*1-2/h16-20H,4-15H2,1-3H3;2*1-2H3;2H2,1H3. The van der Waals surface area contributed by atoms with E-state index in [9.17, 15) is 0 Å². The third kappa shape index (κ3) is 4.65. The molecule has 2 N–H and O–H groups in total. The van der Waals surface area contributed by atoms with Gasteiger partial charge in [-0.2, -0.15) is 0 Å². The van der Waals surface area contributed by atoms with Crippen LogP contribution in [-0.4, -0.2) is 7.05 Å². The Morgan fingerprint density at radius 2 is 1.36 bits per heavy atom. The highest BCUT2D eigenvalue weighted by Crippen LogP contribution is 2.67. The zero-order valence-electron chi connectivity index (χ0n) is 20.9. The lowest BCUT2D eigenvalue weighted by Crippen LogP contribution is -2.52. The summed E-state index contributed by atoms with van der Waals surface area (Å²) >= 11 is 0. The van der Waals surface area contributed by atoms with Crippen LogP contribution in [0.15, 0.2) is 0 Å². The van der Waals surface area contributed by atoms with Gasteiger partial charge in [0.1, 0.15) is 0 Å². The van der Waals surface area contributed by atoms with Crippen LogP contribution in [0.3, 0.4) is 0 Å². The highest BCUT2D eigenvalue weighted by molar-refractivity contribution is 5.08. The largest absolute Gasteiger partial charge is 0.333 e. The predicted molar refractivity (Wildman–Crippen MR) is 128 cm³/mol. The van der Waals surface area contributed by atoms with Crippen molar-refractivity contribution in [2.75, 3.05) is 7.05 Å². The predicted octanol–water partition coefficient (Wildman–Crippen LogP) is 8.46. The summed E-state index contributed by atoms with van der Waals surface area (Å²) in [5, 5.41) is 0. The molecule has 28 heavy (non-hydrogen) atoms. The Labute approximate surface area is 179 Å². The Bertz CT molecular complexity index is 418. The summed E-state index contributed by atoms with van der Waals surface area (Å²) in [4.78, 5) is 0. The van der Waals surface area contributed by atoms with Crippen LogP contribution in [0, 0.1) is 40.4 Å². The van der Waals surface area contributed by atoms with Crippen LogP contribution >= 0.6 is 0 Å². The first kappa shape index (κ1) is 26.0. The summed E-state index contributed by atoms with van der Waals surface area (Å²) in [5.41, 5.74) is 5.94. The van der Waals surface area contributed by atoms with Crippen molar-refractivity contribution in [2.24, 2.45) is 46.2 Å². The van der Waals surface area contributed by atoms with E-state index in [1.165, 1.54) is 32.7 Å². The first-order chi connectivity index (χ1) is 13.6. The fourth-order valence-electron chi connectivity index (χ4n) is 8.23. The second-order valence-corrected chi connectivity index (χ2v) is 10.0. The van der Waals surface area contributed by atoms with E-state index < -0.39 is 0 Å². The second-order valence-electron chi connectivity index (χ2n) is 10.0. The van der Waals surface area contributed by atoms with Gasteiger partial charge in [-0.1, -0.05) is 74.1 Å². The number of hydrogen-bond acceptors (Lipinski definition) is 1. The van der Waals surface area contributed by atoms with Gasteiger partial charge in [0.2, 0.25) is 0 Å². The molecule has 1 heteroatoms. The summed E-state index contributed by atoms with van der Waals surface area (Å²) in [5.74, 6) is 5.41. The van der Waals surface area contributed by atoms with Crippen molar-refractivity contribution in [3.63, 3.8) is 0 Å². The Balaban J connectivity index is 0.000000599. The summed E-state index contributed by atoms with van der Waals surface area (Å²) in [7, 11) is 1.50. The van der Waals surface area contributed by atoms with Crippen LogP contribution in [0.1, 0.15) is 126 Å². The molecular weight excluding hydrogens is 338 g/mol. The third-order valence-electron chi connectivity index (χ3n) is 9.42. The van der Waals surface area contributed by atoms with Crippen molar-refractivity contribution in [1.82, 2.24) is 0 Å². The van der Waals surface area contributed by atoms with Gasteiger partial charge in [0, 0.05) is 0 Å². The molecule has 168 valence electrons. The monoisotopic (exact) mass is 393 g/mol. The van der Waals surface area contributed by atoms with Crippen molar-refractivity contribution >= 4 is 0 Å². The molecule has 4 rings (SSSR count). The van der Waals surface area contributed by atoms with Gasteiger partial charge in [0.05, 0.1) is 0 Å². The summed E-state index contributed by atoms with van der Waals surface area (Å²) in [6.07, 6.45) is 18.5. The first-order valence-corrected chi connectivity index (χ1v) is 13.2. The molecule has 0 saturated heterocycles. The molecular formula is C27H55N. The van der Waals surface area contributed by atoms with Gasteiger partial charge in [-0.25, -0.2) is 0 Å². The Kier molecular flexibility index (Phi) is 11.1. The molecule has 0 aromatic heterocycles. The smallest absolute Gasteiger partial charge is 0.0195 e. The van der Waals surface area contributed by atoms with Crippen molar-refractivity contribution in [2.45, 2.75) is 126 Å². The highest BCUT2D eigenvalue weighted by Gasteiger charge is 2.59. The van der Waals surface area contributed by atoms with E-state index >= 15 is 0 Å². The van der Waals surface area contributed by atoms with Gasteiger partial charge in [0.15, 0.2) is 0 Å². The Morgan fingerprint density at radius 3 is 2.00 bits per heavy atom. The van der Waals surface area contributed by atoms with Gasteiger partial charge in [-0.05, 0) is 98.8 Å². The summed E-state index contributed by atoms with van der Waals surface area (Å²) in [6.45, 7) is 15.8. The SMILES string of the molecule is CC.CC.CCCC1CCC2C3CCC4CCCCC4(C)C3CCC12C.CN. The van der Waals surface area contributed by atoms with E-state index in [1.54, 1.807) is 51.4 Å². The average molecular weight is 394 g/mol. The molecule has 7 atom stereocenters. The molecule has 0 aliphatic heterocycles. The fraction of sp³-hybridized carbons (Fsp3) is 1.00. The first-order valence-electron chi connectivity index (χ1n) is 13.2. The minimum Gasteiger partial charge on any atom is -0.333 e. The molecule has 0 bridgehead atoms. The normalized spacial score (nSPS) is 43.4. The molecule has 4 aliphatic carbocycles. The average Bonchev–Trinajstić information content (AvgIpc) is 3.09. The minimum atomic E-state index is 0.717. The van der Waals surface area contributed by atoms with Crippen LogP contribution in [0.4, 0.5) is 0 Å². The molecule has 4 aliphatic rings. The number of nitrogens with two attached hydrogens (primary N) is 1. The molecule has 0 amide bonds. The van der Waals surface area contributed by atoms with E-state index in [2.05, 4.69) is 26.5 Å². The maximum Gasteiger partial charge on any atom is -0.0195 e. The van der Waals surface area contributed by atoms with Crippen molar-refractivity contribution in [3.8, 4) is 0 Å². The number of rotatable bonds is 2. The molecule has 4 saturated carbocycles. The van der Waals surface area contributed by atoms with Crippen LogP contribution in [0.2, 0.25) is 0 Å². The minimum absolute atomic E-state index is 0.717. The zero-order chi connectivity index (χ0) is 21.4. The molecule has 0 heterocycles. The number of fused-ring (bicyclic) bond motifs is 5. The lowest BCUT2D eigenvalue weighted by atomic mass is 9.45. The van der Waals surface area contributed by atoms with Crippen LogP contribution in [-0.2, 0) is 0 Å². The molecule has 1 nitrogen and oxygen atoms in total. The van der Waals surface area contributed by atoms with Crippen LogP contribution in [0.25, 0.3) is 0 Å². The van der Waals surface area contributed by atoms with E-state index in [-0.39, 0.29) is 0 Å². The summed E-state index contributed by atoms with van der Waals surface area (Å²) < 4.78 is 0. The van der Waals surface area contributed by atoms with Gasteiger partial charge in [-0.15, -0.1) is 0 Å². The van der Waals surface area contributed by atoms with Crippen molar-refractivity contribution in [3.05, 3.63) is 0 Å². The van der Waals surface area contributed by atoms with Gasteiger partial charge >= 0.3 is 0 Å². The van der Waals surface area contributed by atoms with Crippen LogP contribution in [0.5, 0.6) is 0 Å². The molecule has 0 spiro atoms. The van der Waals surface area contributed by atoms with E-state index in [4.69, 9.17) is 0 Å². The second kappa shape index (κ2) is 12.0. The van der Waals surface area contributed by atoms with E-state index in [1.807, 2.05) is 27.7 Å². The summed E-state index contributed by atoms with van der Waals surface area (Å²) in [6, 6.07) is 0. The van der Waals surface area contributed by atoms with Crippen LogP contribution < -0.4 is 5.73 Å². The maximum atomic E-state index is 4.50. The van der Waals surface area contributed by atoms with Gasteiger partial charge in [0.25, 0.3) is 0 Å².